The highest BCUT2D eigenvalue weighted by Crippen LogP contribution is 2.19. The predicted octanol–water partition coefficient (Wildman–Crippen LogP) is 1.04. The fourth-order valence-corrected chi connectivity index (χ4v) is 2.54. The first-order valence-corrected chi connectivity index (χ1v) is 6.42. The number of sulfone groups is 1. The second-order valence-corrected chi connectivity index (χ2v) is 6.38. The van der Waals surface area contributed by atoms with E-state index in [0.717, 1.165) is 0 Å². The number of hydrogen-bond donors (Lipinski definition) is 2. The number of fused-ring (bicyclic) bond motifs is 1. The van der Waals surface area contributed by atoms with Crippen LogP contribution in [0.3, 0.4) is 0 Å². The molecule has 0 amide bonds. The third-order valence-electron chi connectivity index (χ3n) is 2.44. The number of aromatic amines is 2. The molecule has 1 heterocycles. The molecule has 0 saturated carbocycles. The molecule has 0 aliphatic rings. The molecule has 5 nitrogen and oxygen atoms in total. The summed E-state index contributed by atoms with van der Waals surface area (Å²) in [7, 11) is -3.30. The van der Waals surface area contributed by atoms with Gasteiger partial charge in [-0.05, 0) is 32.0 Å². The van der Waals surface area contributed by atoms with Crippen molar-refractivity contribution in [3.05, 3.63) is 28.7 Å². The van der Waals surface area contributed by atoms with Crippen molar-refractivity contribution in [3.8, 4) is 0 Å². The second kappa shape index (κ2) is 3.48. The monoisotopic (exact) mass is 240 g/mol. The van der Waals surface area contributed by atoms with Gasteiger partial charge in [0.05, 0.1) is 21.2 Å². The Balaban J connectivity index is 2.68. The summed E-state index contributed by atoms with van der Waals surface area (Å²) in [6.07, 6.45) is 0. The standard InChI is InChI=1S/C10H12N2O3S/c1-6(2)16(14,15)7-3-4-8-9(5-7)12-10(13)11-8/h3-6H,1-2H3,(H2,11,12,13). The molecular weight excluding hydrogens is 228 g/mol. The van der Waals surface area contributed by atoms with Gasteiger partial charge in [-0.2, -0.15) is 0 Å². The lowest BCUT2D eigenvalue weighted by molar-refractivity contribution is 0.587. The van der Waals surface area contributed by atoms with E-state index in [4.69, 9.17) is 0 Å². The van der Waals surface area contributed by atoms with Crippen LogP contribution in [0.2, 0.25) is 0 Å². The molecule has 2 rings (SSSR count). The van der Waals surface area contributed by atoms with E-state index in [1.165, 1.54) is 12.1 Å². The van der Waals surface area contributed by atoms with E-state index < -0.39 is 15.1 Å². The van der Waals surface area contributed by atoms with E-state index in [1.807, 2.05) is 0 Å². The Morgan fingerprint density at radius 1 is 1.12 bits per heavy atom. The molecule has 0 bridgehead atoms. The fourth-order valence-electron chi connectivity index (χ4n) is 1.46. The number of imidazole rings is 1. The molecule has 0 spiro atoms. The van der Waals surface area contributed by atoms with Gasteiger partial charge in [-0.1, -0.05) is 0 Å². The van der Waals surface area contributed by atoms with Crippen LogP contribution in [0, 0.1) is 0 Å². The lowest BCUT2D eigenvalue weighted by Crippen LogP contribution is -2.13. The number of aromatic nitrogens is 2. The van der Waals surface area contributed by atoms with Crippen LogP contribution in [-0.2, 0) is 9.84 Å². The average molecular weight is 240 g/mol. The molecule has 0 aliphatic heterocycles. The van der Waals surface area contributed by atoms with Crippen molar-refractivity contribution in [2.75, 3.05) is 0 Å². The number of hydrogen-bond acceptors (Lipinski definition) is 3. The SMILES string of the molecule is CC(C)S(=O)(=O)c1ccc2[nH]c(=O)[nH]c2c1. The molecule has 0 radical (unpaired) electrons. The molecule has 1 aromatic heterocycles. The zero-order valence-corrected chi connectivity index (χ0v) is 9.76. The van der Waals surface area contributed by atoms with Gasteiger partial charge >= 0.3 is 5.69 Å². The lowest BCUT2D eigenvalue weighted by Gasteiger charge is -2.07. The molecule has 86 valence electrons. The van der Waals surface area contributed by atoms with Crippen molar-refractivity contribution in [3.63, 3.8) is 0 Å². The van der Waals surface area contributed by atoms with Crippen LogP contribution in [-0.4, -0.2) is 23.6 Å². The first kappa shape index (κ1) is 10.9. The molecule has 0 unspecified atom stereocenters. The first-order valence-electron chi connectivity index (χ1n) is 4.87. The van der Waals surface area contributed by atoms with E-state index in [2.05, 4.69) is 9.97 Å². The molecule has 0 aliphatic carbocycles. The van der Waals surface area contributed by atoms with Crippen molar-refractivity contribution in [1.29, 1.82) is 0 Å². The van der Waals surface area contributed by atoms with E-state index in [-0.39, 0.29) is 10.6 Å². The Bertz CT molecular complexity index is 679. The zero-order chi connectivity index (χ0) is 11.9. The Morgan fingerprint density at radius 2 is 1.75 bits per heavy atom. The van der Waals surface area contributed by atoms with Gasteiger partial charge < -0.3 is 9.97 Å². The number of benzene rings is 1. The molecule has 0 fully saturated rings. The minimum Gasteiger partial charge on any atom is -0.306 e. The molecule has 2 N–H and O–H groups in total. The van der Waals surface area contributed by atoms with Crippen LogP contribution in [0.4, 0.5) is 0 Å². The van der Waals surface area contributed by atoms with Crippen molar-refractivity contribution >= 4 is 20.9 Å². The average Bonchev–Trinajstić information content (AvgIpc) is 2.56. The van der Waals surface area contributed by atoms with Crippen LogP contribution < -0.4 is 5.69 Å². The predicted molar refractivity (Wildman–Crippen MR) is 61.2 cm³/mol. The highest BCUT2D eigenvalue weighted by atomic mass is 32.2. The molecule has 0 atom stereocenters. The second-order valence-electron chi connectivity index (χ2n) is 3.88. The summed E-state index contributed by atoms with van der Waals surface area (Å²) >= 11 is 0. The minimum absolute atomic E-state index is 0.227. The van der Waals surface area contributed by atoms with Gasteiger partial charge in [-0.25, -0.2) is 13.2 Å². The van der Waals surface area contributed by atoms with Crippen LogP contribution in [0.5, 0.6) is 0 Å². The summed E-state index contributed by atoms with van der Waals surface area (Å²) in [6, 6.07) is 4.56. The Kier molecular flexibility index (Phi) is 2.38. The van der Waals surface area contributed by atoms with Gasteiger partial charge in [-0.3, -0.25) is 0 Å². The summed E-state index contributed by atoms with van der Waals surface area (Å²) in [5.41, 5.74) is 0.772. The topological polar surface area (TPSA) is 82.8 Å². The minimum atomic E-state index is -3.30. The van der Waals surface area contributed by atoms with Gasteiger partial charge in [0, 0.05) is 0 Å². The highest BCUT2D eigenvalue weighted by molar-refractivity contribution is 7.92. The Morgan fingerprint density at radius 3 is 2.38 bits per heavy atom. The van der Waals surface area contributed by atoms with Gasteiger partial charge in [-0.15, -0.1) is 0 Å². The maximum absolute atomic E-state index is 11.9. The number of rotatable bonds is 2. The lowest BCUT2D eigenvalue weighted by atomic mass is 10.3. The van der Waals surface area contributed by atoms with E-state index in [0.29, 0.717) is 11.0 Å². The Hall–Kier alpha value is -1.56. The maximum atomic E-state index is 11.9. The van der Waals surface area contributed by atoms with Crippen molar-refractivity contribution in [2.24, 2.45) is 0 Å². The third-order valence-corrected chi connectivity index (χ3v) is 4.59. The van der Waals surface area contributed by atoms with Crippen LogP contribution >= 0.6 is 0 Å². The molecule has 6 heteroatoms. The number of H-pyrrole nitrogens is 2. The van der Waals surface area contributed by atoms with Gasteiger partial charge in [0.25, 0.3) is 0 Å². The van der Waals surface area contributed by atoms with Gasteiger partial charge in [0.15, 0.2) is 9.84 Å². The third kappa shape index (κ3) is 1.65. The van der Waals surface area contributed by atoms with E-state index in [9.17, 15) is 13.2 Å². The summed E-state index contributed by atoms with van der Waals surface area (Å²) in [5.74, 6) is 0. The van der Waals surface area contributed by atoms with Crippen LogP contribution in [0.1, 0.15) is 13.8 Å². The largest absolute Gasteiger partial charge is 0.323 e. The fraction of sp³-hybridized carbons (Fsp3) is 0.300. The van der Waals surface area contributed by atoms with Gasteiger partial charge in [0.1, 0.15) is 0 Å². The van der Waals surface area contributed by atoms with Crippen molar-refractivity contribution < 1.29 is 8.42 Å². The van der Waals surface area contributed by atoms with Crippen LogP contribution in [0.15, 0.2) is 27.9 Å². The van der Waals surface area contributed by atoms with Crippen molar-refractivity contribution in [1.82, 2.24) is 9.97 Å². The normalized spacial score (nSPS) is 12.4. The first-order chi connectivity index (χ1) is 7.41. The van der Waals surface area contributed by atoms with Crippen LogP contribution in [0.25, 0.3) is 11.0 Å². The molecule has 16 heavy (non-hydrogen) atoms. The quantitative estimate of drug-likeness (QED) is 0.822. The van der Waals surface area contributed by atoms with Crippen molar-refractivity contribution in [2.45, 2.75) is 24.0 Å². The smallest absolute Gasteiger partial charge is 0.306 e. The maximum Gasteiger partial charge on any atom is 0.323 e. The molecule has 1 aromatic carbocycles. The van der Waals surface area contributed by atoms with E-state index in [1.54, 1.807) is 19.9 Å². The summed E-state index contributed by atoms with van der Waals surface area (Å²) < 4.78 is 23.8. The zero-order valence-electron chi connectivity index (χ0n) is 8.94. The summed E-state index contributed by atoms with van der Waals surface area (Å²) in [6.45, 7) is 3.25. The summed E-state index contributed by atoms with van der Waals surface area (Å²) in [4.78, 5) is 16.3. The highest BCUT2D eigenvalue weighted by Gasteiger charge is 2.19. The van der Waals surface area contributed by atoms with Gasteiger partial charge in [0.2, 0.25) is 0 Å². The van der Waals surface area contributed by atoms with E-state index >= 15 is 0 Å². The Labute approximate surface area is 92.4 Å². The molecule has 2 aromatic rings. The summed E-state index contributed by atoms with van der Waals surface area (Å²) in [5, 5.41) is -0.476. The number of nitrogens with one attached hydrogen (secondary N) is 2. The molecule has 0 saturated heterocycles. The molecular formula is C10H12N2O3S.